The second kappa shape index (κ2) is 9.73. The van der Waals surface area contributed by atoms with Crippen LogP contribution in [0, 0.1) is 5.92 Å². The summed E-state index contributed by atoms with van der Waals surface area (Å²) in [4.78, 5) is 13.3. The second-order valence-electron chi connectivity index (χ2n) is 6.85. The van der Waals surface area contributed by atoms with Crippen molar-refractivity contribution in [2.24, 2.45) is 11.7 Å². The number of nitrogens with one attached hydrogen (secondary N) is 1. The van der Waals surface area contributed by atoms with Gasteiger partial charge in [-0.2, -0.15) is 0 Å². The van der Waals surface area contributed by atoms with Gasteiger partial charge in [0, 0.05) is 0 Å². The molecule has 0 radical (unpaired) electrons. The third-order valence-electron chi connectivity index (χ3n) is 4.88. The van der Waals surface area contributed by atoms with Crippen molar-refractivity contribution in [3.8, 4) is 0 Å². The molecule has 0 saturated carbocycles. The van der Waals surface area contributed by atoms with Gasteiger partial charge in [0.15, 0.2) is 0 Å². The molecule has 2 atom stereocenters. The molecule has 0 aliphatic carbocycles. The molecule has 3 N–H and O–H groups in total. The van der Waals surface area contributed by atoms with Gasteiger partial charge in [-0.25, -0.2) is 0 Å². The van der Waals surface area contributed by atoms with Crippen molar-refractivity contribution in [1.29, 1.82) is 0 Å². The predicted molar refractivity (Wildman–Crippen MR) is 107 cm³/mol. The average Bonchev–Trinajstić information content (AvgIpc) is 3.16. The van der Waals surface area contributed by atoms with Crippen LogP contribution in [0.3, 0.4) is 0 Å². The summed E-state index contributed by atoms with van der Waals surface area (Å²) in [6, 6.07) is 14.1. The Hall–Kier alpha value is -1.65. The summed E-state index contributed by atoms with van der Waals surface area (Å²) in [5, 5.41) is 5.06. The highest BCUT2D eigenvalue weighted by Crippen LogP contribution is 2.25. The van der Waals surface area contributed by atoms with Gasteiger partial charge < -0.3 is 11.1 Å². The summed E-state index contributed by atoms with van der Waals surface area (Å²) in [5.74, 6) is 0.166. The zero-order chi connectivity index (χ0) is 18.1. The lowest BCUT2D eigenvalue weighted by Gasteiger charge is -2.37. The van der Waals surface area contributed by atoms with Crippen LogP contribution in [0.5, 0.6) is 0 Å². The van der Waals surface area contributed by atoms with Crippen molar-refractivity contribution >= 4 is 17.2 Å². The predicted octanol–water partition coefficient (Wildman–Crippen LogP) is 4.98. The van der Waals surface area contributed by atoms with Gasteiger partial charge in [-0.1, -0.05) is 69.5 Å². The molecular formula is C21H30N2OS. The number of carbonyl (C=O) groups excluding carboxylic acids is 1. The van der Waals surface area contributed by atoms with Crippen molar-refractivity contribution < 1.29 is 4.79 Å². The second-order valence-corrected chi connectivity index (χ2v) is 7.80. The molecule has 0 bridgehead atoms. The molecule has 3 nitrogen and oxygen atoms in total. The number of amides is 1. The van der Waals surface area contributed by atoms with E-state index in [9.17, 15) is 4.79 Å². The van der Waals surface area contributed by atoms with Crippen LogP contribution in [-0.4, -0.2) is 11.6 Å². The Morgan fingerprint density at radius 1 is 1.20 bits per heavy atom. The highest BCUT2D eigenvalue weighted by molar-refractivity contribution is 7.12. The summed E-state index contributed by atoms with van der Waals surface area (Å²) in [6.07, 6.45) is 6.18. The molecule has 4 heteroatoms. The van der Waals surface area contributed by atoms with Crippen molar-refractivity contribution in [2.75, 3.05) is 0 Å². The lowest BCUT2D eigenvalue weighted by Crippen LogP contribution is -2.60. The first kappa shape index (κ1) is 19.7. The zero-order valence-corrected chi connectivity index (χ0v) is 16.1. The van der Waals surface area contributed by atoms with Gasteiger partial charge in [-0.15, -0.1) is 11.3 Å². The number of nitrogens with two attached hydrogens (primary N) is 1. The molecule has 1 amide bonds. The fourth-order valence-electron chi connectivity index (χ4n) is 3.07. The lowest BCUT2D eigenvalue weighted by molar-refractivity contribution is 0.0849. The number of unbranched alkanes of at least 4 members (excludes halogenated alkanes) is 2. The van der Waals surface area contributed by atoms with Gasteiger partial charge >= 0.3 is 0 Å². The highest BCUT2D eigenvalue weighted by Gasteiger charge is 2.33. The molecule has 1 aromatic carbocycles. The lowest BCUT2D eigenvalue weighted by atomic mass is 9.85. The Morgan fingerprint density at radius 3 is 2.60 bits per heavy atom. The summed E-state index contributed by atoms with van der Waals surface area (Å²) in [6.45, 7) is 4.36. The van der Waals surface area contributed by atoms with Crippen LogP contribution in [0.1, 0.15) is 61.2 Å². The smallest absolute Gasteiger partial charge is 0.262 e. The first-order chi connectivity index (χ1) is 12.0. The van der Waals surface area contributed by atoms with E-state index in [0.29, 0.717) is 0 Å². The van der Waals surface area contributed by atoms with Crippen molar-refractivity contribution in [3.63, 3.8) is 0 Å². The van der Waals surface area contributed by atoms with Crippen LogP contribution in [0.15, 0.2) is 47.8 Å². The first-order valence-electron chi connectivity index (χ1n) is 9.24. The molecule has 1 heterocycles. The van der Waals surface area contributed by atoms with Gasteiger partial charge in [-0.05, 0) is 42.2 Å². The molecule has 2 rings (SSSR count). The molecule has 0 spiro atoms. The quantitative estimate of drug-likeness (QED) is 0.465. The topological polar surface area (TPSA) is 55.1 Å². The molecule has 2 aromatic rings. The van der Waals surface area contributed by atoms with Gasteiger partial charge in [0.05, 0.1) is 10.5 Å². The number of hydrogen-bond acceptors (Lipinski definition) is 3. The Balaban J connectivity index is 2.07. The summed E-state index contributed by atoms with van der Waals surface area (Å²) in [7, 11) is 0. The van der Waals surface area contributed by atoms with E-state index in [4.69, 9.17) is 5.73 Å². The number of hydrogen-bond donors (Lipinski definition) is 2. The third kappa shape index (κ3) is 5.98. The molecule has 0 aliphatic rings. The summed E-state index contributed by atoms with van der Waals surface area (Å²) < 4.78 is 0. The molecule has 25 heavy (non-hydrogen) atoms. The minimum Gasteiger partial charge on any atom is -0.333 e. The van der Waals surface area contributed by atoms with E-state index in [2.05, 4.69) is 31.3 Å². The summed E-state index contributed by atoms with van der Waals surface area (Å²) in [5.41, 5.74) is 7.31. The van der Waals surface area contributed by atoms with Gasteiger partial charge in [0.2, 0.25) is 0 Å². The normalized spacial score (nSPS) is 14.7. The molecule has 136 valence electrons. The standard InChI is InChI=1S/C21H30N2OS/c1-3-4-6-10-17(2)21(22,15-14-18-11-7-5-8-12-18)23-20(24)19-13-9-16-25-19/h5,7-9,11-13,16-17H,3-4,6,10,14-15,22H2,1-2H3,(H,23,24). The maximum atomic E-state index is 12.6. The highest BCUT2D eigenvalue weighted by atomic mass is 32.1. The van der Waals surface area contributed by atoms with Crippen LogP contribution in [0.2, 0.25) is 0 Å². The maximum absolute atomic E-state index is 12.6. The fraction of sp³-hybridized carbons (Fsp3) is 0.476. The van der Waals surface area contributed by atoms with E-state index in [1.807, 2.05) is 35.7 Å². The summed E-state index contributed by atoms with van der Waals surface area (Å²) >= 11 is 1.45. The molecular weight excluding hydrogens is 328 g/mol. The molecule has 2 unspecified atom stereocenters. The Bertz CT molecular complexity index is 627. The maximum Gasteiger partial charge on any atom is 0.262 e. The number of carbonyl (C=O) groups is 1. The molecule has 0 saturated heterocycles. The van der Waals surface area contributed by atoms with E-state index < -0.39 is 5.66 Å². The van der Waals surface area contributed by atoms with Gasteiger partial charge in [-0.3, -0.25) is 4.79 Å². The largest absolute Gasteiger partial charge is 0.333 e. The van der Waals surface area contributed by atoms with Crippen LogP contribution in [-0.2, 0) is 6.42 Å². The van der Waals surface area contributed by atoms with Gasteiger partial charge in [0.25, 0.3) is 5.91 Å². The number of benzene rings is 1. The van der Waals surface area contributed by atoms with Crippen LogP contribution >= 0.6 is 11.3 Å². The molecule has 0 aliphatic heterocycles. The van der Waals surface area contributed by atoms with E-state index in [0.717, 1.165) is 30.6 Å². The van der Waals surface area contributed by atoms with Crippen molar-refractivity contribution in [2.45, 2.75) is 58.0 Å². The minimum absolute atomic E-state index is 0.0621. The SMILES string of the molecule is CCCCCC(C)C(N)(CCc1ccccc1)NC(=O)c1cccs1. The fourth-order valence-corrected chi connectivity index (χ4v) is 3.69. The monoisotopic (exact) mass is 358 g/mol. The Kier molecular flexibility index (Phi) is 7.66. The van der Waals surface area contributed by atoms with Crippen LogP contribution in [0.25, 0.3) is 0 Å². The average molecular weight is 359 g/mol. The molecule has 1 aromatic heterocycles. The molecule has 0 fully saturated rings. The zero-order valence-electron chi connectivity index (χ0n) is 15.3. The minimum atomic E-state index is -0.690. The Labute approximate surface area is 155 Å². The van der Waals surface area contributed by atoms with Crippen molar-refractivity contribution in [1.82, 2.24) is 5.32 Å². The van der Waals surface area contributed by atoms with Crippen LogP contribution in [0.4, 0.5) is 0 Å². The van der Waals surface area contributed by atoms with E-state index in [1.54, 1.807) is 0 Å². The number of aryl methyl sites for hydroxylation is 1. The third-order valence-corrected chi connectivity index (χ3v) is 5.75. The van der Waals surface area contributed by atoms with Gasteiger partial charge in [0.1, 0.15) is 0 Å². The number of rotatable bonds is 10. The van der Waals surface area contributed by atoms with E-state index >= 15 is 0 Å². The first-order valence-corrected chi connectivity index (χ1v) is 10.1. The Morgan fingerprint density at radius 2 is 1.96 bits per heavy atom. The van der Waals surface area contributed by atoms with Crippen LogP contribution < -0.4 is 11.1 Å². The van der Waals surface area contributed by atoms with Crippen molar-refractivity contribution in [3.05, 3.63) is 58.3 Å². The number of thiophene rings is 1. The van der Waals surface area contributed by atoms with E-state index in [-0.39, 0.29) is 11.8 Å². The van der Waals surface area contributed by atoms with E-state index in [1.165, 1.54) is 29.7 Å².